The molecule has 0 bridgehead atoms. The summed E-state index contributed by atoms with van der Waals surface area (Å²) in [5.41, 5.74) is -0.134. The Morgan fingerprint density at radius 3 is 1.62 bits per heavy atom. The Hall–Kier alpha value is -3.68. The zero-order valence-corrected chi connectivity index (χ0v) is 19.9. The molecule has 0 aromatic heterocycles. The molecule has 34 heavy (non-hydrogen) atoms. The average molecular weight is 473 g/mol. The third-order valence-corrected chi connectivity index (χ3v) is 5.00. The quantitative estimate of drug-likeness (QED) is 0.367. The minimum absolute atomic E-state index is 0.0671. The highest BCUT2D eigenvalue weighted by atomic mass is 16.4. The number of aromatic hydroxyl groups is 2. The largest absolute Gasteiger partial charge is 0.507 e. The summed E-state index contributed by atoms with van der Waals surface area (Å²) in [6, 6.07) is 11.6. The lowest BCUT2D eigenvalue weighted by Gasteiger charge is -2.17. The van der Waals surface area contributed by atoms with Crippen molar-refractivity contribution in [1.29, 1.82) is 0 Å². The molecule has 0 fully saturated rings. The van der Waals surface area contributed by atoms with Crippen LogP contribution in [0.4, 0.5) is 0 Å². The Morgan fingerprint density at radius 2 is 1.24 bits per heavy atom. The molecule has 186 valence electrons. The van der Waals surface area contributed by atoms with Gasteiger partial charge in [0.15, 0.2) is 0 Å². The first-order valence-corrected chi connectivity index (χ1v) is 11.4. The molecule has 8 nitrogen and oxygen atoms in total. The number of hydrogen-bond acceptors (Lipinski definition) is 6. The number of para-hydroxylation sites is 2. The van der Waals surface area contributed by atoms with Crippen LogP contribution in [0.2, 0.25) is 0 Å². The summed E-state index contributed by atoms with van der Waals surface area (Å²) < 4.78 is 0. The molecule has 8 heteroatoms. The molecule has 2 aromatic carbocycles. The number of benzene rings is 2. The number of carboxylic acids is 2. The molecule has 0 amide bonds. The maximum atomic E-state index is 10.3. The maximum Gasteiger partial charge on any atom is 0.339 e. The summed E-state index contributed by atoms with van der Waals surface area (Å²) in [6.45, 7) is 4.58. The number of hydrogen-bond donors (Lipinski definition) is 4. The van der Waals surface area contributed by atoms with Crippen LogP contribution >= 0.6 is 0 Å². The Morgan fingerprint density at radius 1 is 0.765 bits per heavy atom. The molecule has 0 spiro atoms. The molecular formula is C26H36N2O6. The molecule has 0 saturated heterocycles. The number of nitrogens with zero attached hydrogens (tertiary/aromatic N) is 2. The van der Waals surface area contributed by atoms with Gasteiger partial charge in [0.05, 0.1) is 6.67 Å². The first-order chi connectivity index (χ1) is 16.3. The van der Waals surface area contributed by atoms with Crippen LogP contribution in [0.25, 0.3) is 0 Å². The predicted octanol–water partition coefficient (Wildman–Crippen LogP) is 5.20. The Balaban J connectivity index is 0.000000261. The van der Waals surface area contributed by atoms with E-state index in [9.17, 15) is 9.59 Å². The van der Waals surface area contributed by atoms with Gasteiger partial charge in [0.2, 0.25) is 0 Å². The second-order valence-electron chi connectivity index (χ2n) is 7.92. The number of carbonyl (C=O) groups is 2. The summed E-state index contributed by atoms with van der Waals surface area (Å²) in [7, 11) is 2.12. The number of aromatic carboxylic acids is 2. The highest BCUT2D eigenvalue weighted by Gasteiger charge is 2.07. The summed E-state index contributed by atoms with van der Waals surface area (Å²) in [4.78, 5) is 25.1. The average Bonchev–Trinajstić information content (AvgIpc) is 3.22. The second kappa shape index (κ2) is 16.0. The predicted molar refractivity (Wildman–Crippen MR) is 132 cm³/mol. The van der Waals surface area contributed by atoms with Gasteiger partial charge in [-0.3, -0.25) is 0 Å². The lowest BCUT2D eigenvalue weighted by molar-refractivity contribution is 0.0682. The molecular weight excluding hydrogens is 436 g/mol. The molecule has 3 rings (SSSR count). The lowest BCUT2D eigenvalue weighted by Crippen LogP contribution is -2.23. The van der Waals surface area contributed by atoms with Gasteiger partial charge in [0, 0.05) is 26.0 Å². The number of rotatable bonds is 9. The van der Waals surface area contributed by atoms with E-state index in [4.69, 9.17) is 20.4 Å². The Labute approximate surface area is 201 Å². The zero-order chi connectivity index (χ0) is 25.3. The standard InChI is InChI=1S/C12H24N2.2C7H6O3/c1-3-4-5-6-7-8-9-14-11-10-13(2)12-14;2*8-6-4-2-1-3-5(6)7(9)10/h10-11H,3-9,12H2,1-2H3;2*1-4,8H,(H,9,10). The van der Waals surface area contributed by atoms with Crippen LogP contribution in [0, 0.1) is 0 Å². The van der Waals surface area contributed by atoms with Gasteiger partial charge in [-0.2, -0.15) is 0 Å². The topological polar surface area (TPSA) is 122 Å². The van der Waals surface area contributed by atoms with E-state index in [1.54, 1.807) is 24.3 Å². The van der Waals surface area contributed by atoms with Crippen LogP contribution in [0.5, 0.6) is 11.5 Å². The molecule has 0 unspecified atom stereocenters. The highest BCUT2D eigenvalue weighted by molar-refractivity contribution is 5.91. The van der Waals surface area contributed by atoms with Crippen molar-refractivity contribution in [3.05, 3.63) is 72.1 Å². The normalized spacial score (nSPS) is 11.8. The van der Waals surface area contributed by atoms with E-state index in [1.165, 1.54) is 69.3 Å². The van der Waals surface area contributed by atoms with Crippen molar-refractivity contribution in [3.63, 3.8) is 0 Å². The van der Waals surface area contributed by atoms with Crippen LogP contribution in [0.1, 0.15) is 66.2 Å². The minimum Gasteiger partial charge on any atom is -0.507 e. The third-order valence-electron chi connectivity index (χ3n) is 5.00. The van der Waals surface area contributed by atoms with Crippen molar-refractivity contribution in [2.45, 2.75) is 45.4 Å². The molecule has 0 atom stereocenters. The first-order valence-electron chi connectivity index (χ1n) is 11.4. The first kappa shape index (κ1) is 28.4. The van der Waals surface area contributed by atoms with Crippen molar-refractivity contribution in [2.24, 2.45) is 0 Å². The van der Waals surface area contributed by atoms with Gasteiger partial charge in [0.25, 0.3) is 0 Å². The maximum absolute atomic E-state index is 10.3. The third kappa shape index (κ3) is 11.3. The molecule has 1 aliphatic heterocycles. The lowest BCUT2D eigenvalue weighted by atomic mass is 10.1. The second-order valence-corrected chi connectivity index (χ2v) is 7.92. The van der Waals surface area contributed by atoms with Crippen LogP contribution in [0.15, 0.2) is 60.9 Å². The fraction of sp³-hybridized carbons (Fsp3) is 0.385. The molecule has 1 heterocycles. The molecule has 4 N–H and O–H groups in total. The number of phenols is 2. The molecule has 1 aliphatic rings. The van der Waals surface area contributed by atoms with Crippen LogP contribution in [0.3, 0.4) is 0 Å². The van der Waals surface area contributed by atoms with Gasteiger partial charge in [0.1, 0.15) is 22.6 Å². The fourth-order valence-corrected chi connectivity index (χ4v) is 3.14. The van der Waals surface area contributed by atoms with E-state index in [-0.39, 0.29) is 22.6 Å². The van der Waals surface area contributed by atoms with Crippen molar-refractivity contribution in [3.8, 4) is 11.5 Å². The van der Waals surface area contributed by atoms with Gasteiger partial charge in [-0.15, -0.1) is 0 Å². The smallest absolute Gasteiger partial charge is 0.339 e. The van der Waals surface area contributed by atoms with Gasteiger partial charge >= 0.3 is 11.9 Å². The van der Waals surface area contributed by atoms with Crippen LogP contribution in [-0.4, -0.2) is 62.4 Å². The van der Waals surface area contributed by atoms with Crippen molar-refractivity contribution in [2.75, 3.05) is 20.3 Å². The van der Waals surface area contributed by atoms with Gasteiger partial charge < -0.3 is 30.2 Å². The molecule has 0 aliphatic carbocycles. The molecule has 0 saturated carbocycles. The van der Waals surface area contributed by atoms with Crippen molar-refractivity contribution in [1.82, 2.24) is 9.80 Å². The van der Waals surface area contributed by atoms with E-state index in [0.29, 0.717) is 0 Å². The fourth-order valence-electron chi connectivity index (χ4n) is 3.14. The van der Waals surface area contributed by atoms with Gasteiger partial charge in [-0.1, -0.05) is 63.3 Å². The minimum atomic E-state index is -1.11. The van der Waals surface area contributed by atoms with E-state index in [2.05, 4.69) is 36.2 Å². The summed E-state index contributed by atoms with van der Waals surface area (Å²) in [5, 5.41) is 34.6. The summed E-state index contributed by atoms with van der Waals surface area (Å²) >= 11 is 0. The molecule has 2 aromatic rings. The van der Waals surface area contributed by atoms with Crippen molar-refractivity contribution >= 4 is 11.9 Å². The Kier molecular flexibility index (Phi) is 13.4. The number of carboxylic acid groups (broad SMARTS) is 2. The van der Waals surface area contributed by atoms with E-state index < -0.39 is 11.9 Å². The van der Waals surface area contributed by atoms with E-state index in [0.717, 1.165) is 6.67 Å². The zero-order valence-electron chi connectivity index (χ0n) is 19.9. The molecule has 0 radical (unpaired) electrons. The Bertz CT molecular complexity index is 860. The summed E-state index contributed by atoms with van der Waals surface area (Å²) in [6.07, 6.45) is 12.7. The van der Waals surface area contributed by atoms with E-state index >= 15 is 0 Å². The monoisotopic (exact) mass is 472 g/mol. The van der Waals surface area contributed by atoms with E-state index in [1.807, 2.05) is 0 Å². The van der Waals surface area contributed by atoms with Gasteiger partial charge in [-0.05, 0) is 30.7 Å². The van der Waals surface area contributed by atoms with Crippen LogP contribution < -0.4 is 0 Å². The van der Waals surface area contributed by atoms with Gasteiger partial charge in [-0.25, -0.2) is 9.59 Å². The SMILES string of the molecule is CCCCCCCCN1C=CN(C)C1.O=C(O)c1ccccc1O.O=C(O)c1ccccc1O. The van der Waals surface area contributed by atoms with Crippen molar-refractivity contribution < 1.29 is 30.0 Å². The highest BCUT2D eigenvalue weighted by Crippen LogP contribution is 2.15. The number of unbranched alkanes of at least 4 members (excludes halogenated alkanes) is 5. The van der Waals surface area contributed by atoms with Crippen LogP contribution in [-0.2, 0) is 0 Å². The summed E-state index contributed by atoms with van der Waals surface area (Å²) in [5.74, 6) is -2.62.